The van der Waals surface area contributed by atoms with E-state index in [0.717, 1.165) is 70.6 Å². The number of nitrogen functional groups attached to an aromatic ring is 1. The van der Waals surface area contributed by atoms with Gasteiger partial charge >= 0.3 is 0 Å². The average Bonchev–Trinajstić information content (AvgIpc) is 3.35. The van der Waals surface area contributed by atoms with Crippen LogP contribution >= 0.6 is 0 Å². The Bertz CT molecular complexity index is 1420. The maximum Gasteiger partial charge on any atom is 0.244 e. The summed E-state index contributed by atoms with van der Waals surface area (Å²) >= 11 is 0. The fourth-order valence-electron chi connectivity index (χ4n) is 5.46. The molecule has 0 saturated heterocycles. The predicted molar refractivity (Wildman–Crippen MR) is 136 cm³/mol. The molecule has 0 amide bonds. The number of pyridine rings is 1. The van der Waals surface area contributed by atoms with E-state index in [4.69, 9.17) is 29.7 Å². The molecule has 1 atom stereocenters. The normalized spacial score (nSPS) is 15.8. The summed E-state index contributed by atoms with van der Waals surface area (Å²) in [4.78, 5) is 4.95. The summed E-state index contributed by atoms with van der Waals surface area (Å²) in [6, 6.07) is 14.0. The quantitative estimate of drug-likeness (QED) is 0.351. The molecule has 6 rings (SSSR count). The summed E-state index contributed by atoms with van der Waals surface area (Å²) in [6.45, 7) is 0. The Kier molecular flexibility index (Phi) is 5.44. The minimum absolute atomic E-state index is 0.314. The van der Waals surface area contributed by atoms with Gasteiger partial charge in [-0.1, -0.05) is 30.3 Å². The number of aromatic amines is 1. The average molecular weight is 485 g/mol. The Morgan fingerprint density at radius 3 is 2.33 bits per heavy atom. The molecule has 1 aliphatic carbocycles. The fraction of sp³-hybridized carbons (Fsp3) is 0.286. The summed E-state index contributed by atoms with van der Waals surface area (Å²) in [6.07, 6.45) is 4.00. The molecule has 0 saturated carbocycles. The third-order valence-electron chi connectivity index (χ3n) is 7.14. The third-order valence-corrected chi connectivity index (χ3v) is 7.14. The van der Waals surface area contributed by atoms with Crippen molar-refractivity contribution in [1.29, 1.82) is 0 Å². The highest BCUT2D eigenvalue weighted by molar-refractivity contribution is 5.76. The van der Waals surface area contributed by atoms with Crippen molar-refractivity contribution < 1.29 is 18.9 Å². The number of hydrogen-bond acceptors (Lipinski definition) is 7. The molecule has 0 fully saturated rings. The van der Waals surface area contributed by atoms with E-state index in [0.29, 0.717) is 29.0 Å². The van der Waals surface area contributed by atoms with Crippen LogP contribution in [0, 0.1) is 0 Å². The molecule has 8 nitrogen and oxygen atoms in total. The van der Waals surface area contributed by atoms with Gasteiger partial charge in [0.15, 0.2) is 11.5 Å². The molecule has 0 bridgehead atoms. The first-order valence-corrected chi connectivity index (χ1v) is 12.1. The Morgan fingerprint density at radius 2 is 1.64 bits per heavy atom. The number of aromatic nitrogens is 3. The molecule has 1 unspecified atom stereocenters. The molecule has 184 valence electrons. The number of hydrogen-bond donors (Lipinski definition) is 2. The van der Waals surface area contributed by atoms with Gasteiger partial charge in [0.1, 0.15) is 0 Å². The lowest BCUT2D eigenvalue weighted by atomic mass is 9.80. The monoisotopic (exact) mass is 484 g/mol. The highest BCUT2D eigenvalue weighted by Gasteiger charge is 2.39. The highest BCUT2D eigenvalue weighted by Crippen LogP contribution is 2.54. The first-order valence-electron chi connectivity index (χ1n) is 12.1. The van der Waals surface area contributed by atoms with Crippen molar-refractivity contribution in [2.75, 3.05) is 27.1 Å². The summed E-state index contributed by atoms with van der Waals surface area (Å²) in [5.41, 5.74) is 14.3. The zero-order valence-electron chi connectivity index (χ0n) is 20.6. The van der Waals surface area contributed by atoms with Gasteiger partial charge in [-0.3, -0.25) is 5.10 Å². The summed E-state index contributed by atoms with van der Waals surface area (Å²) in [5, 5.41) is 7.76. The van der Waals surface area contributed by atoms with Crippen molar-refractivity contribution >= 4 is 5.69 Å². The van der Waals surface area contributed by atoms with Gasteiger partial charge in [-0.05, 0) is 54.5 Å². The Hall–Kier alpha value is -4.20. The molecule has 8 heteroatoms. The Labute approximate surface area is 209 Å². The molecule has 0 radical (unpaired) electrons. The highest BCUT2D eigenvalue weighted by atomic mass is 16.5. The summed E-state index contributed by atoms with van der Waals surface area (Å²) in [5.74, 6) is 2.34. The Balaban J connectivity index is 1.65. The van der Waals surface area contributed by atoms with E-state index in [9.17, 15) is 0 Å². The van der Waals surface area contributed by atoms with Crippen LogP contribution in [0.15, 0.2) is 42.5 Å². The van der Waals surface area contributed by atoms with Crippen LogP contribution < -0.4 is 24.7 Å². The second kappa shape index (κ2) is 8.78. The van der Waals surface area contributed by atoms with Crippen molar-refractivity contribution in [2.45, 2.75) is 31.6 Å². The van der Waals surface area contributed by atoms with Crippen molar-refractivity contribution in [2.24, 2.45) is 0 Å². The molecule has 2 aromatic heterocycles. The van der Waals surface area contributed by atoms with Crippen LogP contribution in [0.3, 0.4) is 0 Å². The number of anilines is 1. The van der Waals surface area contributed by atoms with Gasteiger partial charge in [0.25, 0.3) is 0 Å². The molecular weight excluding hydrogens is 456 g/mol. The van der Waals surface area contributed by atoms with Crippen molar-refractivity contribution in [3.05, 3.63) is 70.4 Å². The fourth-order valence-corrected chi connectivity index (χ4v) is 5.46. The van der Waals surface area contributed by atoms with Crippen molar-refractivity contribution in [3.8, 4) is 40.3 Å². The number of H-pyrrole nitrogens is 1. The maximum atomic E-state index is 6.93. The van der Waals surface area contributed by atoms with Gasteiger partial charge in [0.05, 0.1) is 38.2 Å². The van der Waals surface area contributed by atoms with Gasteiger partial charge in [0, 0.05) is 17.3 Å². The number of methoxy groups -OCH3 is 3. The number of fused-ring (bicyclic) bond motifs is 3. The number of ether oxygens (including phenoxy) is 4. The predicted octanol–water partition coefficient (Wildman–Crippen LogP) is 5.24. The minimum Gasteiger partial charge on any atom is -0.493 e. The van der Waals surface area contributed by atoms with E-state index in [2.05, 4.69) is 10.2 Å². The number of nitrogens with one attached hydrogen (secondary N) is 1. The van der Waals surface area contributed by atoms with Crippen LogP contribution in [0.1, 0.15) is 46.7 Å². The largest absolute Gasteiger partial charge is 0.493 e. The second-order valence-electron chi connectivity index (χ2n) is 9.05. The SMILES string of the molecule is COc1cc(C2c3c(n[nH]c3-c3ccccc3)Oc3nc4c(c(N)c32)CCCC4)cc(OC)c1OC. The van der Waals surface area contributed by atoms with Crippen LogP contribution in [0.5, 0.6) is 29.0 Å². The number of nitrogens with zero attached hydrogens (tertiary/aromatic N) is 2. The van der Waals surface area contributed by atoms with E-state index in [1.54, 1.807) is 21.3 Å². The third kappa shape index (κ3) is 3.36. The van der Waals surface area contributed by atoms with E-state index in [-0.39, 0.29) is 5.92 Å². The molecule has 36 heavy (non-hydrogen) atoms. The lowest BCUT2D eigenvalue weighted by Crippen LogP contribution is -2.19. The number of rotatable bonds is 5. The zero-order chi connectivity index (χ0) is 24.8. The number of aryl methyl sites for hydroxylation is 1. The molecule has 3 heterocycles. The molecular formula is C28H28N4O4. The molecule has 0 spiro atoms. The topological polar surface area (TPSA) is 105 Å². The van der Waals surface area contributed by atoms with Crippen LogP contribution in [0.25, 0.3) is 11.3 Å². The summed E-state index contributed by atoms with van der Waals surface area (Å²) in [7, 11) is 4.83. The van der Waals surface area contributed by atoms with Gasteiger partial charge < -0.3 is 24.7 Å². The Morgan fingerprint density at radius 1 is 0.917 bits per heavy atom. The van der Waals surface area contributed by atoms with Gasteiger partial charge in [0.2, 0.25) is 17.5 Å². The summed E-state index contributed by atoms with van der Waals surface area (Å²) < 4.78 is 23.3. The van der Waals surface area contributed by atoms with Gasteiger partial charge in [-0.25, -0.2) is 4.98 Å². The van der Waals surface area contributed by atoms with Crippen molar-refractivity contribution in [3.63, 3.8) is 0 Å². The molecule has 1 aliphatic heterocycles. The van der Waals surface area contributed by atoms with E-state index >= 15 is 0 Å². The number of nitrogens with two attached hydrogens (primary N) is 1. The molecule has 3 N–H and O–H groups in total. The first-order chi connectivity index (χ1) is 17.6. The molecule has 4 aromatic rings. The van der Waals surface area contributed by atoms with Crippen LogP contribution in [0.4, 0.5) is 5.69 Å². The lowest BCUT2D eigenvalue weighted by Gasteiger charge is -2.30. The smallest absolute Gasteiger partial charge is 0.244 e. The van der Waals surface area contributed by atoms with Crippen LogP contribution in [-0.4, -0.2) is 36.5 Å². The van der Waals surface area contributed by atoms with E-state index in [1.165, 1.54) is 0 Å². The van der Waals surface area contributed by atoms with Gasteiger partial charge in [-0.15, -0.1) is 5.10 Å². The lowest BCUT2D eigenvalue weighted by molar-refractivity contribution is 0.323. The number of benzene rings is 2. The zero-order valence-corrected chi connectivity index (χ0v) is 20.6. The van der Waals surface area contributed by atoms with Gasteiger partial charge in [-0.2, -0.15) is 0 Å². The molecule has 2 aliphatic rings. The maximum absolute atomic E-state index is 6.93. The molecule has 2 aromatic carbocycles. The minimum atomic E-state index is -0.314. The van der Waals surface area contributed by atoms with Crippen molar-refractivity contribution in [1.82, 2.24) is 15.2 Å². The van der Waals surface area contributed by atoms with Crippen LogP contribution in [0.2, 0.25) is 0 Å². The van der Waals surface area contributed by atoms with E-state index < -0.39 is 0 Å². The first kappa shape index (κ1) is 22.3. The standard InChI is InChI=1S/C28H28N4O4/c1-33-19-13-16(14-20(34-2)26(19)35-3)21-22-24(29)17-11-7-8-12-18(17)30-27(22)36-28-23(21)25(31-32-28)15-9-5-4-6-10-15/h4-6,9-10,13-14,21H,7-8,11-12H2,1-3H3,(H2,29,30)(H,31,32). The van der Waals surface area contributed by atoms with E-state index in [1.807, 2.05) is 42.5 Å². The van der Waals surface area contributed by atoms with Crippen LogP contribution in [-0.2, 0) is 12.8 Å². The second-order valence-corrected chi connectivity index (χ2v) is 9.05.